The predicted octanol–water partition coefficient (Wildman–Crippen LogP) is 2.57. The standard InChI is InChI=1S/C16H20N4O2/c1-11(2)22-15-7-3-5-13(18-15)16(21)20-10-4-6-14(20)12-8-9-17-19-12/h3,5,7-9,11,14H,4,6,10H2,1-2H3,(H,17,19). The van der Waals surface area contributed by atoms with Crippen LogP contribution in [0.5, 0.6) is 5.88 Å². The SMILES string of the molecule is CC(C)Oc1cccc(C(=O)N2CCCC2c2ccn[nH]2)n1. The molecule has 1 aliphatic rings. The summed E-state index contributed by atoms with van der Waals surface area (Å²) in [5, 5.41) is 6.95. The molecule has 116 valence electrons. The van der Waals surface area contributed by atoms with Gasteiger partial charge in [0.15, 0.2) is 0 Å². The Balaban J connectivity index is 1.81. The van der Waals surface area contributed by atoms with Crippen molar-refractivity contribution in [3.05, 3.63) is 41.9 Å². The molecule has 2 aromatic rings. The monoisotopic (exact) mass is 300 g/mol. The zero-order chi connectivity index (χ0) is 15.5. The first kappa shape index (κ1) is 14.6. The molecule has 1 fully saturated rings. The zero-order valence-electron chi connectivity index (χ0n) is 12.8. The Kier molecular flexibility index (Phi) is 4.09. The molecule has 0 saturated carbocycles. The zero-order valence-corrected chi connectivity index (χ0v) is 12.8. The largest absolute Gasteiger partial charge is 0.475 e. The molecule has 0 bridgehead atoms. The van der Waals surface area contributed by atoms with E-state index in [0.29, 0.717) is 11.6 Å². The van der Waals surface area contributed by atoms with Crippen LogP contribution in [0.15, 0.2) is 30.5 Å². The number of rotatable bonds is 4. The van der Waals surface area contributed by atoms with Gasteiger partial charge in [-0.2, -0.15) is 5.10 Å². The lowest BCUT2D eigenvalue weighted by Gasteiger charge is -2.23. The van der Waals surface area contributed by atoms with Gasteiger partial charge in [0.1, 0.15) is 5.69 Å². The van der Waals surface area contributed by atoms with Gasteiger partial charge in [-0.1, -0.05) is 6.07 Å². The van der Waals surface area contributed by atoms with E-state index in [-0.39, 0.29) is 18.1 Å². The molecule has 0 spiro atoms. The Bertz CT molecular complexity index is 639. The highest BCUT2D eigenvalue weighted by molar-refractivity contribution is 5.92. The normalized spacial score (nSPS) is 18.0. The molecule has 2 aromatic heterocycles. The molecule has 0 aromatic carbocycles. The minimum Gasteiger partial charge on any atom is -0.475 e. The molecule has 1 saturated heterocycles. The summed E-state index contributed by atoms with van der Waals surface area (Å²) in [4.78, 5) is 19.0. The van der Waals surface area contributed by atoms with E-state index < -0.39 is 0 Å². The summed E-state index contributed by atoms with van der Waals surface area (Å²) in [7, 11) is 0. The number of nitrogens with one attached hydrogen (secondary N) is 1. The Labute approximate surface area is 129 Å². The molecule has 6 heteroatoms. The van der Waals surface area contributed by atoms with Crippen LogP contribution >= 0.6 is 0 Å². The molecule has 1 atom stereocenters. The first-order valence-corrected chi connectivity index (χ1v) is 7.59. The Morgan fingerprint density at radius 2 is 2.27 bits per heavy atom. The van der Waals surface area contributed by atoms with Crippen molar-refractivity contribution in [2.45, 2.75) is 38.8 Å². The Hall–Kier alpha value is -2.37. The van der Waals surface area contributed by atoms with E-state index in [9.17, 15) is 4.79 Å². The number of pyridine rings is 1. The molecule has 22 heavy (non-hydrogen) atoms. The molecule has 6 nitrogen and oxygen atoms in total. The Morgan fingerprint density at radius 1 is 1.41 bits per heavy atom. The van der Waals surface area contributed by atoms with E-state index in [0.717, 1.165) is 25.1 Å². The lowest BCUT2D eigenvalue weighted by atomic mass is 10.1. The van der Waals surface area contributed by atoms with E-state index in [1.807, 2.05) is 24.8 Å². The lowest BCUT2D eigenvalue weighted by molar-refractivity contribution is 0.0725. The van der Waals surface area contributed by atoms with Gasteiger partial charge in [0.05, 0.1) is 17.8 Å². The number of hydrogen-bond acceptors (Lipinski definition) is 4. The van der Waals surface area contributed by atoms with Gasteiger partial charge < -0.3 is 9.64 Å². The second-order valence-electron chi connectivity index (χ2n) is 5.70. The molecule has 3 rings (SSSR count). The van der Waals surface area contributed by atoms with Crippen molar-refractivity contribution in [2.75, 3.05) is 6.54 Å². The number of ether oxygens (including phenoxy) is 1. The van der Waals surface area contributed by atoms with Crippen molar-refractivity contribution in [3.63, 3.8) is 0 Å². The summed E-state index contributed by atoms with van der Waals surface area (Å²) >= 11 is 0. The van der Waals surface area contributed by atoms with Crippen LogP contribution in [0.1, 0.15) is 48.9 Å². The minimum absolute atomic E-state index is 0.0300. The number of likely N-dealkylation sites (tertiary alicyclic amines) is 1. The summed E-state index contributed by atoms with van der Waals surface area (Å²) in [5.74, 6) is 0.421. The third-order valence-corrected chi connectivity index (χ3v) is 3.69. The topological polar surface area (TPSA) is 71.1 Å². The first-order valence-electron chi connectivity index (χ1n) is 7.59. The van der Waals surface area contributed by atoms with Crippen molar-refractivity contribution < 1.29 is 9.53 Å². The fourth-order valence-electron chi connectivity index (χ4n) is 2.77. The van der Waals surface area contributed by atoms with E-state index in [1.54, 1.807) is 24.4 Å². The average Bonchev–Trinajstić information content (AvgIpc) is 3.16. The van der Waals surface area contributed by atoms with Gasteiger partial charge >= 0.3 is 0 Å². The summed E-state index contributed by atoms with van der Waals surface area (Å²) in [6, 6.07) is 7.28. The van der Waals surface area contributed by atoms with Crippen LogP contribution in [0.4, 0.5) is 0 Å². The maximum absolute atomic E-state index is 12.8. The highest BCUT2D eigenvalue weighted by Crippen LogP contribution is 2.31. The van der Waals surface area contributed by atoms with Gasteiger partial charge in [-0.3, -0.25) is 9.89 Å². The summed E-state index contributed by atoms with van der Waals surface area (Å²) in [5.41, 5.74) is 1.39. The molecule has 1 amide bonds. The number of hydrogen-bond donors (Lipinski definition) is 1. The number of carbonyl (C=O) groups excluding carboxylic acids is 1. The molecule has 0 radical (unpaired) electrons. The highest BCUT2D eigenvalue weighted by atomic mass is 16.5. The number of carbonyl (C=O) groups is 1. The van der Waals surface area contributed by atoms with Crippen LogP contribution < -0.4 is 4.74 Å². The maximum atomic E-state index is 12.8. The molecule has 1 N–H and O–H groups in total. The van der Waals surface area contributed by atoms with Gasteiger partial charge in [-0.15, -0.1) is 0 Å². The molecular weight excluding hydrogens is 280 g/mol. The van der Waals surface area contributed by atoms with Gasteiger partial charge in [0, 0.05) is 18.8 Å². The van der Waals surface area contributed by atoms with Gasteiger partial charge in [-0.25, -0.2) is 4.98 Å². The maximum Gasteiger partial charge on any atom is 0.273 e. The van der Waals surface area contributed by atoms with E-state index >= 15 is 0 Å². The van der Waals surface area contributed by atoms with Crippen molar-refractivity contribution >= 4 is 5.91 Å². The molecule has 1 aliphatic heterocycles. The second-order valence-corrected chi connectivity index (χ2v) is 5.70. The number of amides is 1. The average molecular weight is 300 g/mol. The first-order chi connectivity index (χ1) is 10.6. The fraction of sp³-hybridized carbons (Fsp3) is 0.438. The van der Waals surface area contributed by atoms with Crippen molar-refractivity contribution in [1.29, 1.82) is 0 Å². The summed E-state index contributed by atoms with van der Waals surface area (Å²) < 4.78 is 5.57. The van der Waals surface area contributed by atoms with E-state index in [1.165, 1.54) is 0 Å². The number of aromatic nitrogens is 3. The van der Waals surface area contributed by atoms with Crippen molar-refractivity contribution in [1.82, 2.24) is 20.1 Å². The molecule has 1 unspecified atom stereocenters. The van der Waals surface area contributed by atoms with Gasteiger partial charge in [-0.05, 0) is 38.8 Å². The van der Waals surface area contributed by atoms with Crippen LogP contribution in [-0.2, 0) is 0 Å². The summed E-state index contributed by atoms with van der Waals surface area (Å²) in [6.45, 7) is 4.61. The fourth-order valence-corrected chi connectivity index (χ4v) is 2.77. The summed E-state index contributed by atoms with van der Waals surface area (Å²) in [6.07, 6.45) is 3.67. The van der Waals surface area contributed by atoms with Crippen molar-refractivity contribution in [3.8, 4) is 5.88 Å². The number of nitrogens with zero attached hydrogens (tertiary/aromatic N) is 3. The van der Waals surface area contributed by atoms with Crippen LogP contribution in [0.25, 0.3) is 0 Å². The number of aromatic amines is 1. The van der Waals surface area contributed by atoms with E-state index in [4.69, 9.17) is 4.74 Å². The molecule has 0 aliphatic carbocycles. The van der Waals surface area contributed by atoms with Gasteiger partial charge in [0.2, 0.25) is 5.88 Å². The quantitative estimate of drug-likeness (QED) is 0.942. The van der Waals surface area contributed by atoms with E-state index in [2.05, 4.69) is 15.2 Å². The van der Waals surface area contributed by atoms with Crippen LogP contribution in [0.2, 0.25) is 0 Å². The van der Waals surface area contributed by atoms with Crippen LogP contribution in [0.3, 0.4) is 0 Å². The number of H-pyrrole nitrogens is 1. The van der Waals surface area contributed by atoms with Crippen LogP contribution in [0, 0.1) is 0 Å². The Morgan fingerprint density at radius 3 is 3.00 bits per heavy atom. The smallest absolute Gasteiger partial charge is 0.273 e. The second kappa shape index (κ2) is 6.17. The lowest BCUT2D eigenvalue weighted by Crippen LogP contribution is -2.31. The van der Waals surface area contributed by atoms with Gasteiger partial charge in [0.25, 0.3) is 5.91 Å². The minimum atomic E-state index is -0.0636. The predicted molar refractivity (Wildman–Crippen MR) is 81.6 cm³/mol. The molecule has 3 heterocycles. The molecular formula is C16H20N4O2. The third kappa shape index (κ3) is 2.95. The van der Waals surface area contributed by atoms with Crippen LogP contribution in [-0.4, -0.2) is 38.6 Å². The third-order valence-electron chi connectivity index (χ3n) is 3.69. The van der Waals surface area contributed by atoms with Crippen molar-refractivity contribution in [2.24, 2.45) is 0 Å². The highest BCUT2D eigenvalue weighted by Gasteiger charge is 2.32.